The number of oxazole rings is 1. The first-order valence-corrected chi connectivity index (χ1v) is 9.24. The molecule has 0 unspecified atom stereocenters. The fourth-order valence-corrected chi connectivity index (χ4v) is 3.01. The Morgan fingerprint density at radius 3 is 2.59 bits per heavy atom. The van der Waals surface area contributed by atoms with E-state index in [-0.39, 0.29) is 5.97 Å². The monoisotopic (exact) mass is 384 g/mol. The van der Waals surface area contributed by atoms with Crippen molar-refractivity contribution in [3.63, 3.8) is 0 Å². The molecule has 5 heteroatoms. The number of aryl methyl sites for hydroxylation is 2. The first-order chi connectivity index (χ1) is 14.0. The highest BCUT2D eigenvalue weighted by Gasteiger charge is 2.10. The smallest absolute Gasteiger partial charge is 0.337 e. The molecule has 0 aliphatic rings. The Morgan fingerprint density at radius 1 is 1.03 bits per heavy atom. The van der Waals surface area contributed by atoms with Gasteiger partial charge < -0.3 is 9.15 Å². The van der Waals surface area contributed by atoms with E-state index in [4.69, 9.17) is 9.15 Å². The standard InChI is InChI=1S/C24H20N2O3/c1-15-4-11-22-21(12-15)26-23(29-22)19-8-5-16(2)20(13-19)25-14-17-6-9-18(10-7-17)24(27)28-3/h4-14H,1-3H3. The molecule has 144 valence electrons. The second kappa shape index (κ2) is 7.72. The van der Waals surface area contributed by atoms with Crippen molar-refractivity contribution < 1.29 is 13.9 Å². The maximum Gasteiger partial charge on any atom is 0.337 e. The molecular weight excluding hydrogens is 364 g/mol. The number of methoxy groups -OCH3 is 1. The summed E-state index contributed by atoms with van der Waals surface area (Å²) < 4.78 is 10.6. The van der Waals surface area contributed by atoms with Crippen LogP contribution < -0.4 is 0 Å². The average molecular weight is 384 g/mol. The van der Waals surface area contributed by atoms with Crippen molar-refractivity contribution in [3.8, 4) is 11.5 Å². The third-order valence-corrected chi connectivity index (χ3v) is 4.68. The summed E-state index contributed by atoms with van der Waals surface area (Å²) in [6.07, 6.45) is 1.77. The SMILES string of the molecule is COC(=O)c1ccc(C=Nc2cc(-c3nc4cc(C)ccc4o3)ccc2C)cc1. The van der Waals surface area contributed by atoms with Gasteiger partial charge in [0.05, 0.1) is 18.4 Å². The fraction of sp³-hybridized carbons (Fsp3) is 0.125. The molecule has 0 aliphatic carbocycles. The number of aliphatic imine (C=N–C) groups is 1. The van der Waals surface area contributed by atoms with E-state index in [2.05, 4.69) is 9.98 Å². The van der Waals surface area contributed by atoms with Crippen LogP contribution in [-0.2, 0) is 4.74 Å². The molecule has 0 radical (unpaired) electrons. The van der Waals surface area contributed by atoms with Crippen LogP contribution >= 0.6 is 0 Å². The van der Waals surface area contributed by atoms with Crippen LogP contribution in [0, 0.1) is 13.8 Å². The topological polar surface area (TPSA) is 64.7 Å². The molecule has 0 atom stereocenters. The highest BCUT2D eigenvalue weighted by Crippen LogP contribution is 2.29. The zero-order chi connectivity index (χ0) is 20.4. The Balaban J connectivity index is 1.62. The molecule has 0 spiro atoms. The van der Waals surface area contributed by atoms with E-state index in [1.54, 1.807) is 18.3 Å². The van der Waals surface area contributed by atoms with E-state index in [0.717, 1.165) is 39.0 Å². The Bertz CT molecular complexity index is 1220. The predicted molar refractivity (Wildman–Crippen MR) is 114 cm³/mol. The van der Waals surface area contributed by atoms with Crippen molar-refractivity contribution in [2.24, 2.45) is 4.99 Å². The molecule has 0 bridgehead atoms. The number of benzene rings is 3. The van der Waals surface area contributed by atoms with Crippen LogP contribution in [0.25, 0.3) is 22.6 Å². The summed E-state index contributed by atoms with van der Waals surface area (Å²) in [6, 6.07) is 19.0. The number of carbonyl (C=O) groups excluding carboxylic acids is 1. The van der Waals surface area contributed by atoms with Gasteiger partial charge in [0.25, 0.3) is 0 Å². The van der Waals surface area contributed by atoms with Gasteiger partial charge >= 0.3 is 5.97 Å². The van der Waals surface area contributed by atoms with E-state index in [0.29, 0.717) is 11.5 Å². The Morgan fingerprint density at radius 2 is 1.83 bits per heavy atom. The number of esters is 1. The van der Waals surface area contributed by atoms with Gasteiger partial charge in [-0.2, -0.15) is 0 Å². The van der Waals surface area contributed by atoms with E-state index in [1.165, 1.54) is 7.11 Å². The third-order valence-electron chi connectivity index (χ3n) is 4.68. The van der Waals surface area contributed by atoms with Crippen molar-refractivity contribution in [2.45, 2.75) is 13.8 Å². The number of ether oxygens (including phenoxy) is 1. The van der Waals surface area contributed by atoms with Crippen molar-refractivity contribution in [2.75, 3.05) is 7.11 Å². The largest absolute Gasteiger partial charge is 0.465 e. The number of carbonyl (C=O) groups is 1. The predicted octanol–water partition coefficient (Wildman–Crippen LogP) is 5.65. The minimum absolute atomic E-state index is 0.356. The summed E-state index contributed by atoms with van der Waals surface area (Å²) in [6.45, 7) is 4.04. The molecule has 4 rings (SSSR count). The summed E-state index contributed by atoms with van der Waals surface area (Å²) in [5.41, 5.74) is 6.90. The molecule has 0 aliphatic heterocycles. The second-order valence-electron chi connectivity index (χ2n) is 6.86. The van der Waals surface area contributed by atoms with Gasteiger partial charge in [-0.3, -0.25) is 4.99 Å². The maximum absolute atomic E-state index is 11.5. The molecule has 0 N–H and O–H groups in total. The Kier molecular flexibility index (Phi) is 4.96. The first kappa shape index (κ1) is 18.6. The third kappa shape index (κ3) is 3.94. The molecule has 0 saturated carbocycles. The normalized spacial score (nSPS) is 11.3. The number of fused-ring (bicyclic) bond motifs is 1. The maximum atomic E-state index is 11.5. The van der Waals surface area contributed by atoms with Gasteiger partial charge in [-0.15, -0.1) is 0 Å². The summed E-state index contributed by atoms with van der Waals surface area (Å²) in [4.78, 5) is 20.8. The van der Waals surface area contributed by atoms with Gasteiger partial charge in [0.15, 0.2) is 5.58 Å². The van der Waals surface area contributed by atoms with Gasteiger partial charge in [0, 0.05) is 11.8 Å². The van der Waals surface area contributed by atoms with Gasteiger partial charge in [-0.1, -0.05) is 24.3 Å². The van der Waals surface area contributed by atoms with Crippen LogP contribution in [0.2, 0.25) is 0 Å². The second-order valence-corrected chi connectivity index (χ2v) is 6.86. The molecular formula is C24H20N2O3. The zero-order valence-electron chi connectivity index (χ0n) is 16.5. The molecule has 0 fully saturated rings. The number of hydrogen-bond donors (Lipinski definition) is 0. The Hall–Kier alpha value is -3.73. The highest BCUT2D eigenvalue weighted by molar-refractivity contribution is 5.91. The van der Waals surface area contributed by atoms with Gasteiger partial charge in [0.1, 0.15) is 5.52 Å². The quantitative estimate of drug-likeness (QED) is 0.337. The van der Waals surface area contributed by atoms with Gasteiger partial charge in [-0.05, 0) is 66.9 Å². The van der Waals surface area contributed by atoms with Gasteiger partial charge in [0.2, 0.25) is 5.89 Å². The summed E-state index contributed by atoms with van der Waals surface area (Å²) in [5, 5.41) is 0. The average Bonchev–Trinajstić information content (AvgIpc) is 3.16. The summed E-state index contributed by atoms with van der Waals surface area (Å²) in [7, 11) is 1.37. The van der Waals surface area contributed by atoms with Crippen LogP contribution in [0.5, 0.6) is 0 Å². The van der Waals surface area contributed by atoms with Crippen LogP contribution in [-0.4, -0.2) is 24.3 Å². The molecule has 0 saturated heterocycles. The number of nitrogens with zero attached hydrogens (tertiary/aromatic N) is 2. The van der Waals surface area contributed by atoms with Crippen molar-refractivity contribution in [1.29, 1.82) is 0 Å². The molecule has 4 aromatic rings. The number of hydrogen-bond acceptors (Lipinski definition) is 5. The molecule has 29 heavy (non-hydrogen) atoms. The molecule has 3 aromatic carbocycles. The summed E-state index contributed by atoms with van der Waals surface area (Å²) in [5.74, 6) is 0.218. The number of rotatable bonds is 4. The molecule has 1 aromatic heterocycles. The van der Waals surface area contributed by atoms with Crippen molar-refractivity contribution in [1.82, 2.24) is 4.98 Å². The fourth-order valence-electron chi connectivity index (χ4n) is 3.01. The molecule has 0 amide bonds. The lowest BCUT2D eigenvalue weighted by Crippen LogP contribution is -2.00. The lowest BCUT2D eigenvalue weighted by Gasteiger charge is -2.03. The highest BCUT2D eigenvalue weighted by atomic mass is 16.5. The zero-order valence-corrected chi connectivity index (χ0v) is 16.5. The minimum atomic E-state index is -0.356. The minimum Gasteiger partial charge on any atom is -0.465 e. The van der Waals surface area contributed by atoms with Crippen LogP contribution in [0.1, 0.15) is 27.0 Å². The molecule has 1 heterocycles. The first-order valence-electron chi connectivity index (χ1n) is 9.24. The van der Waals surface area contributed by atoms with Crippen molar-refractivity contribution >= 4 is 29.0 Å². The van der Waals surface area contributed by atoms with Crippen LogP contribution in [0.4, 0.5) is 5.69 Å². The van der Waals surface area contributed by atoms with Gasteiger partial charge in [-0.25, -0.2) is 9.78 Å². The summed E-state index contributed by atoms with van der Waals surface area (Å²) >= 11 is 0. The van der Waals surface area contributed by atoms with E-state index in [1.807, 2.05) is 62.4 Å². The lowest BCUT2D eigenvalue weighted by molar-refractivity contribution is 0.0600. The lowest BCUT2D eigenvalue weighted by atomic mass is 10.1. The van der Waals surface area contributed by atoms with Crippen LogP contribution in [0.3, 0.4) is 0 Å². The van der Waals surface area contributed by atoms with E-state index >= 15 is 0 Å². The number of aromatic nitrogens is 1. The molecule has 5 nitrogen and oxygen atoms in total. The van der Waals surface area contributed by atoms with E-state index < -0.39 is 0 Å². The van der Waals surface area contributed by atoms with E-state index in [9.17, 15) is 4.79 Å². The Labute approximate surface area is 168 Å². The van der Waals surface area contributed by atoms with Crippen LogP contribution in [0.15, 0.2) is 70.1 Å². The van der Waals surface area contributed by atoms with Crippen molar-refractivity contribution in [3.05, 3.63) is 82.9 Å².